The highest BCUT2D eigenvalue weighted by Gasteiger charge is 2.18. The quantitative estimate of drug-likeness (QED) is 0.615. The zero-order valence-electron chi connectivity index (χ0n) is 16.0. The molecule has 3 amide bonds. The Morgan fingerprint density at radius 2 is 2.04 bits per heavy atom. The summed E-state index contributed by atoms with van der Waals surface area (Å²) < 4.78 is 15.2. The van der Waals surface area contributed by atoms with Gasteiger partial charge in [0.2, 0.25) is 0 Å². The van der Waals surface area contributed by atoms with E-state index in [0.717, 1.165) is 19.3 Å². The number of hydrogen-bond donors (Lipinski definition) is 3. The van der Waals surface area contributed by atoms with Gasteiger partial charge < -0.3 is 20.5 Å². The summed E-state index contributed by atoms with van der Waals surface area (Å²) in [6.07, 6.45) is 6.16. The van der Waals surface area contributed by atoms with Gasteiger partial charge in [0.25, 0.3) is 5.91 Å². The molecule has 2 rings (SSSR count). The molecule has 0 aliphatic carbocycles. The molecule has 2 aromatic rings. The van der Waals surface area contributed by atoms with Crippen LogP contribution in [0.2, 0.25) is 0 Å². The third-order valence-electron chi connectivity index (χ3n) is 4.13. The molecule has 0 aliphatic heterocycles. The van der Waals surface area contributed by atoms with Crippen LogP contribution in [0.15, 0.2) is 36.7 Å². The predicted octanol–water partition coefficient (Wildman–Crippen LogP) is 4.80. The molecule has 7 heteroatoms. The van der Waals surface area contributed by atoms with Crippen LogP contribution in [-0.2, 0) is 0 Å². The summed E-state index contributed by atoms with van der Waals surface area (Å²) in [5.41, 5.74) is 1.26. The number of amides is 3. The predicted molar refractivity (Wildman–Crippen MR) is 111 cm³/mol. The first kappa shape index (κ1) is 20.5. The van der Waals surface area contributed by atoms with Crippen molar-refractivity contribution >= 4 is 17.6 Å². The van der Waals surface area contributed by atoms with Gasteiger partial charge in [0.05, 0.1) is 11.3 Å². The van der Waals surface area contributed by atoms with Crippen molar-refractivity contribution in [3.63, 3.8) is 0 Å². The fourth-order valence-electron chi connectivity index (χ4n) is 2.73. The number of unbranched alkanes of at least 4 members (excludes halogenated alkanes) is 1. The lowest BCUT2D eigenvalue weighted by atomic mass is 10.1. The topological polar surface area (TPSA) is 75.2 Å². The molecule has 0 radical (unpaired) electrons. The van der Waals surface area contributed by atoms with Gasteiger partial charge in [-0.25, -0.2) is 9.18 Å². The van der Waals surface area contributed by atoms with E-state index in [0.29, 0.717) is 23.5 Å². The highest BCUT2D eigenvalue weighted by Crippen LogP contribution is 2.22. The number of benzene rings is 1. The fourth-order valence-corrected chi connectivity index (χ4v) is 2.73. The van der Waals surface area contributed by atoms with Gasteiger partial charge in [0.1, 0.15) is 5.82 Å². The second-order valence-corrected chi connectivity index (χ2v) is 6.47. The first-order valence-corrected chi connectivity index (χ1v) is 9.28. The number of hydrogen-bond acceptors (Lipinski definition) is 2. The average molecular weight is 381 g/mol. The molecule has 27 heavy (non-hydrogen) atoms. The van der Waals surface area contributed by atoms with Crippen molar-refractivity contribution in [3.05, 3.63) is 48.0 Å². The molecule has 0 saturated carbocycles. The molecule has 6 nitrogen and oxygen atoms in total. The molecule has 1 aromatic carbocycles. The van der Waals surface area contributed by atoms with Gasteiger partial charge in [-0.1, -0.05) is 25.8 Å². The van der Waals surface area contributed by atoms with Gasteiger partial charge in [-0.15, -0.1) is 0 Å². The smallest absolute Gasteiger partial charge is 0.319 e. The Hall–Kier alpha value is -2.83. The number of carbonyl (C=O) groups is 2. The van der Waals surface area contributed by atoms with E-state index in [1.54, 1.807) is 36.0 Å². The molecule has 0 saturated heterocycles. The number of halogens is 1. The van der Waals surface area contributed by atoms with Crippen LogP contribution >= 0.6 is 0 Å². The van der Waals surface area contributed by atoms with E-state index < -0.39 is 6.03 Å². The van der Waals surface area contributed by atoms with Gasteiger partial charge in [0, 0.05) is 34.9 Å². The molecule has 1 atom stereocenters. The average Bonchev–Trinajstić information content (AvgIpc) is 3.04. The fraction of sp³-hybridized carbons (Fsp3) is 0.400. The van der Waals surface area contributed by atoms with Crippen LogP contribution < -0.4 is 16.0 Å². The summed E-state index contributed by atoms with van der Waals surface area (Å²) in [5.74, 6) is -0.654. The highest BCUT2D eigenvalue weighted by molar-refractivity contribution is 6.03. The van der Waals surface area contributed by atoms with E-state index in [-0.39, 0.29) is 22.0 Å². The maximum atomic E-state index is 13.5. The largest absolute Gasteiger partial charge is 0.349 e. The van der Waals surface area contributed by atoms with Gasteiger partial charge in [-0.3, -0.25) is 4.79 Å². The number of aromatic nitrogens is 1. The maximum absolute atomic E-state index is 13.5. The van der Waals surface area contributed by atoms with Gasteiger partial charge in [0.15, 0.2) is 0 Å². The lowest BCUT2D eigenvalue weighted by Crippen LogP contribution is -2.33. The van der Waals surface area contributed by atoms with Crippen molar-refractivity contribution in [1.29, 1.82) is 0 Å². The van der Waals surface area contributed by atoms with E-state index in [1.165, 1.54) is 12.1 Å². The third kappa shape index (κ3) is 5.84. The van der Waals surface area contributed by atoms with E-state index in [4.69, 9.17) is 0 Å². The molecule has 0 unspecified atom stereocenters. The van der Waals surface area contributed by atoms with Crippen molar-refractivity contribution in [2.75, 3.05) is 11.9 Å². The minimum atomic E-state index is -0.400. The summed E-state index contributed by atoms with van der Waals surface area (Å²) >= 11 is 0. The number of rotatable bonds is 8. The number of anilines is 1. The molecular weight excluding hydrogens is 347 g/mol. The zero-order chi connectivity index (χ0) is 19.8. The van der Waals surface area contributed by atoms with Crippen LogP contribution in [0.25, 0.3) is 5.69 Å². The number of urea groups is 1. The summed E-state index contributed by atoms with van der Waals surface area (Å²) in [6.45, 7) is 6.32. The summed E-state index contributed by atoms with van der Waals surface area (Å²) in [5, 5.41) is 8.28. The van der Waals surface area contributed by atoms with E-state index >= 15 is 0 Å². The van der Waals surface area contributed by atoms with Crippen molar-refractivity contribution in [3.8, 4) is 5.69 Å². The SMILES string of the molecule is CCCC[C@@H](C)NC(=O)c1cn(-c2cccc(F)c2)cc1NC(=O)NCC.[HH].[HH].[HH]. The normalized spacial score (nSPS) is 11.7. The highest BCUT2D eigenvalue weighted by atomic mass is 19.1. The Balaban J connectivity index is 0. The third-order valence-corrected chi connectivity index (χ3v) is 4.13. The molecule has 0 fully saturated rings. The van der Waals surface area contributed by atoms with Crippen molar-refractivity contribution in [2.24, 2.45) is 0 Å². The first-order valence-electron chi connectivity index (χ1n) is 9.28. The Morgan fingerprint density at radius 3 is 2.70 bits per heavy atom. The van der Waals surface area contributed by atoms with Crippen molar-refractivity contribution in [1.82, 2.24) is 15.2 Å². The van der Waals surface area contributed by atoms with E-state index in [1.807, 2.05) is 6.92 Å². The van der Waals surface area contributed by atoms with Crippen LogP contribution in [-0.4, -0.2) is 29.1 Å². The second-order valence-electron chi connectivity index (χ2n) is 6.47. The first-order chi connectivity index (χ1) is 12.9. The minimum absolute atomic E-state index is 0. The molecule has 0 aliphatic rings. The zero-order valence-corrected chi connectivity index (χ0v) is 16.0. The molecule has 0 spiro atoms. The number of carbonyl (C=O) groups excluding carboxylic acids is 2. The Bertz CT molecular complexity index is 802. The molecule has 1 aromatic heterocycles. The molecular formula is C20H33FN4O2. The summed E-state index contributed by atoms with van der Waals surface area (Å²) in [4.78, 5) is 24.6. The van der Waals surface area contributed by atoms with E-state index in [2.05, 4.69) is 22.9 Å². The summed E-state index contributed by atoms with van der Waals surface area (Å²) in [7, 11) is 0. The Kier molecular flexibility index (Phi) is 7.40. The van der Waals surface area contributed by atoms with Crippen molar-refractivity contribution < 1.29 is 18.3 Å². The van der Waals surface area contributed by atoms with E-state index in [9.17, 15) is 14.0 Å². The maximum Gasteiger partial charge on any atom is 0.319 e. The molecule has 0 bridgehead atoms. The summed E-state index contributed by atoms with van der Waals surface area (Å²) in [6, 6.07) is 5.65. The number of nitrogens with zero attached hydrogens (tertiary/aromatic N) is 1. The molecule has 1 heterocycles. The molecule has 3 N–H and O–H groups in total. The van der Waals surface area contributed by atoms with Gasteiger partial charge in [-0.05, 0) is 38.5 Å². The lowest BCUT2D eigenvalue weighted by Gasteiger charge is -2.13. The lowest BCUT2D eigenvalue weighted by molar-refractivity contribution is 0.0939. The van der Waals surface area contributed by atoms with Crippen LogP contribution in [0.1, 0.15) is 54.7 Å². The monoisotopic (exact) mass is 380 g/mol. The number of nitrogens with one attached hydrogen (secondary N) is 3. The van der Waals surface area contributed by atoms with Gasteiger partial charge >= 0.3 is 6.03 Å². The Morgan fingerprint density at radius 1 is 1.26 bits per heavy atom. The van der Waals surface area contributed by atoms with Crippen LogP contribution in [0.4, 0.5) is 14.9 Å². The van der Waals surface area contributed by atoms with Crippen LogP contribution in [0, 0.1) is 5.82 Å². The Labute approximate surface area is 163 Å². The van der Waals surface area contributed by atoms with Crippen LogP contribution in [0.5, 0.6) is 0 Å². The van der Waals surface area contributed by atoms with Crippen LogP contribution in [0.3, 0.4) is 0 Å². The molecule has 152 valence electrons. The second kappa shape index (κ2) is 9.75. The van der Waals surface area contributed by atoms with Gasteiger partial charge in [-0.2, -0.15) is 0 Å². The minimum Gasteiger partial charge on any atom is -0.349 e. The van der Waals surface area contributed by atoms with Crippen molar-refractivity contribution in [2.45, 2.75) is 46.1 Å². The standard InChI is InChI=1S/C20H27FN4O2.3H2/c1-4-6-8-14(3)23-19(26)17-12-25(16-10-7-9-15(21)11-16)13-18(17)24-20(27)22-5-2;;;/h7,9-14H,4-6,8H2,1-3H3,(H,23,26)(H2,22,24,27);3*1H/t14-;;;/m1.../s1.